The molecular formula is C13H17N5O. The molecule has 6 heteroatoms. The van der Waals surface area contributed by atoms with Crippen LogP contribution in [-0.2, 0) is 17.8 Å². The molecule has 2 aromatic heterocycles. The lowest BCUT2D eigenvalue weighted by atomic mass is 10.1. The van der Waals surface area contributed by atoms with E-state index in [2.05, 4.69) is 20.4 Å². The van der Waals surface area contributed by atoms with Crippen molar-refractivity contribution in [1.82, 2.24) is 19.7 Å². The molecule has 0 unspecified atom stereocenters. The molecule has 0 bridgehead atoms. The number of hydrogen-bond donors (Lipinski definition) is 1. The van der Waals surface area contributed by atoms with E-state index >= 15 is 0 Å². The van der Waals surface area contributed by atoms with Crippen LogP contribution >= 0.6 is 0 Å². The van der Waals surface area contributed by atoms with Gasteiger partial charge >= 0.3 is 0 Å². The van der Waals surface area contributed by atoms with Crippen LogP contribution < -0.4 is 5.32 Å². The van der Waals surface area contributed by atoms with Crippen LogP contribution in [-0.4, -0.2) is 25.7 Å². The van der Waals surface area contributed by atoms with E-state index in [1.807, 2.05) is 19.1 Å². The topological polar surface area (TPSA) is 72.7 Å². The summed E-state index contributed by atoms with van der Waals surface area (Å²) in [4.78, 5) is 20.0. The second-order valence-corrected chi connectivity index (χ2v) is 4.20. The predicted octanol–water partition coefficient (Wildman–Crippen LogP) is 1.57. The molecule has 2 rings (SSSR count). The Morgan fingerprint density at radius 1 is 1.37 bits per heavy atom. The number of carbonyl (C=O) groups is 1. The van der Waals surface area contributed by atoms with Crippen LogP contribution in [0.3, 0.4) is 0 Å². The molecule has 0 spiro atoms. The van der Waals surface area contributed by atoms with Crippen LogP contribution in [0.4, 0.5) is 5.95 Å². The number of anilines is 1. The van der Waals surface area contributed by atoms with Crippen LogP contribution in [0.1, 0.15) is 24.7 Å². The van der Waals surface area contributed by atoms with Gasteiger partial charge in [0.15, 0.2) is 0 Å². The molecule has 0 radical (unpaired) electrons. The van der Waals surface area contributed by atoms with Gasteiger partial charge in [0.1, 0.15) is 5.82 Å². The van der Waals surface area contributed by atoms with Gasteiger partial charge in [0.2, 0.25) is 11.9 Å². The van der Waals surface area contributed by atoms with Crippen LogP contribution in [0.25, 0.3) is 0 Å². The first-order valence-electron chi connectivity index (χ1n) is 6.29. The van der Waals surface area contributed by atoms with Gasteiger partial charge in [-0.1, -0.05) is 0 Å². The molecule has 0 aliphatic carbocycles. The summed E-state index contributed by atoms with van der Waals surface area (Å²) < 4.78 is 1.68. The Kier molecular flexibility index (Phi) is 4.22. The summed E-state index contributed by atoms with van der Waals surface area (Å²) in [5.41, 5.74) is 1.10. The zero-order chi connectivity index (χ0) is 13.7. The van der Waals surface area contributed by atoms with Crippen molar-refractivity contribution in [1.29, 1.82) is 0 Å². The molecule has 1 N–H and O–H groups in total. The highest BCUT2D eigenvalue weighted by Crippen LogP contribution is 2.06. The molecule has 0 fully saturated rings. The Morgan fingerprint density at radius 3 is 2.79 bits per heavy atom. The minimum atomic E-state index is -0.0566. The summed E-state index contributed by atoms with van der Waals surface area (Å²) in [6.45, 7) is 4.44. The largest absolute Gasteiger partial charge is 0.295 e. The quantitative estimate of drug-likeness (QED) is 0.884. The monoisotopic (exact) mass is 259 g/mol. The highest BCUT2D eigenvalue weighted by molar-refractivity contribution is 5.89. The van der Waals surface area contributed by atoms with Gasteiger partial charge in [-0.25, -0.2) is 4.68 Å². The molecule has 0 saturated heterocycles. The van der Waals surface area contributed by atoms with Gasteiger partial charge in [-0.2, -0.15) is 10.1 Å². The Hall–Kier alpha value is -2.24. The van der Waals surface area contributed by atoms with Crippen LogP contribution in [0, 0.1) is 6.92 Å². The second-order valence-electron chi connectivity index (χ2n) is 4.20. The highest BCUT2D eigenvalue weighted by atomic mass is 16.1. The molecule has 2 aromatic rings. The summed E-state index contributed by atoms with van der Waals surface area (Å²) in [5, 5.41) is 6.97. The lowest BCUT2D eigenvalue weighted by molar-refractivity contribution is -0.116. The average molecular weight is 259 g/mol. The van der Waals surface area contributed by atoms with E-state index in [4.69, 9.17) is 0 Å². The van der Waals surface area contributed by atoms with Gasteiger partial charge in [-0.15, -0.1) is 0 Å². The lowest BCUT2D eigenvalue weighted by Crippen LogP contribution is -2.16. The number of aryl methyl sites for hydroxylation is 3. The molecule has 0 aliphatic rings. The Morgan fingerprint density at radius 2 is 2.11 bits per heavy atom. The minimum absolute atomic E-state index is 0.0566. The maximum atomic E-state index is 11.9. The van der Waals surface area contributed by atoms with Gasteiger partial charge in [0.05, 0.1) is 0 Å². The van der Waals surface area contributed by atoms with Crippen LogP contribution in [0.2, 0.25) is 0 Å². The summed E-state index contributed by atoms with van der Waals surface area (Å²) in [6, 6.07) is 3.82. The fourth-order valence-corrected chi connectivity index (χ4v) is 1.76. The number of nitrogens with zero attached hydrogens (tertiary/aromatic N) is 4. The molecule has 0 aliphatic heterocycles. The summed E-state index contributed by atoms with van der Waals surface area (Å²) in [7, 11) is 0. The van der Waals surface area contributed by atoms with Crippen molar-refractivity contribution in [3.05, 3.63) is 35.9 Å². The number of aromatic nitrogens is 4. The summed E-state index contributed by atoms with van der Waals surface area (Å²) in [5.74, 6) is 1.12. The summed E-state index contributed by atoms with van der Waals surface area (Å²) in [6.07, 6.45) is 4.56. The third-order valence-electron chi connectivity index (χ3n) is 2.72. The van der Waals surface area contributed by atoms with Crippen molar-refractivity contribution in [3.63, 3.8) is 0 Å². The van der Waals surface area contributed by atoms with Crippen molar-refractivity contribution in [3.8, 4) is 0 Å². The summed E-state index contributed by atoms with van der Waals surface area (Å²) >= 11 is 0. The van der Waals surface area contributed by atoms with E-state index < -0.39 is 0 Å². The molecular weight excluding hydrogens is 242 g/mol. The predicted molar refractivity (Wildman–Crippen MR) is 71.6 cm³/mol. The average Bonchev–Trinajstić information content (AvgIpc) is 2.77. The Bertz CT molecular complexity index is 549. The minimum Gasteiger partial charge on any atom is -0.295 e. The molecule has 19 heavy (non-hydrogen) atoms. The Labute approximate surface area is 111 Å². The number of nitrogens with one attached hydrogen (secondary N) is 1. The van der Waals surface area contributed by atoms with E-state index in [0.29, 0.717) is 31.2 Å². The first-order chi connectivity index (χ1) is 9.19. The zero-order valence-electron chi connectivity index (χ0n) is 11.1. The van der Waals surface area contributed by atoms with E-state index in [-0.39, 0.29) is 5.91 Å². The molecule has 0 saturated carbocycles. The zero-order valence-corrected chi connectivity index (χ0v) is 11.1. The van der Waals surface area contributed by atoms with Crippen LogP contribution in [0.15, 0.2) is 24.5 Å². The number of carbonyl (C=O) groups excluding carboxylic acids is 1. The molecule has 6 nitrogen and oxygen atoms in total. The molecule has 100 valence electrons. The van der Waals surface area contributed by atoms with E-state index in [0.717, 1.165) is 5.56 Å². The van der Waals surface area contributed by atoms with Crippen molar-refractivity contribution in [2.45, 2.75) is 33.2 Å². The molecule has 0 aromatic carbocycles. The van der Waals surface area contributed by atoms with Gasteiger partial charge < -0.3 is 0 Å². The third-order valence-corrected chi connectivity index (χ3v) is 2.72. The van der Waals surface area contributed by atoms with Gasteiger partial charge in [0.25, 0.3) is 0 Å². The lowest BCUT2D eigenvalue weighted by Gasteiger charge is -2.05. The fourth-order valence-electron chi connectivity index (χ4n) is 1.76. The maximum absolute atomic E-state index is 11.9. The third kappa shape index (κ3) is 3.61. The SMILES string of the molecule is CCn1nc(C)nc1NC(=O)CCc1ccncc1. The number of pyridine rings is 1. The normalized spacial score (nSPS) is 10.4. The van der Waals surface area contributed by atoms with Crippen molar-refractivity contribution >= 4 is 11.9 Å². The number of amides is 1. The molecule has 0 atom stereocenters. The van der Waals surface area contributed by atoms with E-state index in [1.54, 1.807) is 24.0 Å². The van der Waals surface area contributed by atoms with Crippen molar-refractivity contribution in [2.24, 2.45) is 0 Å². The van der Waals surface area contributed by atoms with Crippen molar-refractivity contribution in [2.75, 3.05) is 5.32 Å². The maximum Gasteiger partial charge on any atom is 0.228 e. The van der Waals surface area contributed by atoms with Gasteiger partial charge in [-0.3, -0.25) is 15.1 Å². The molecule has 2 heterocycles. The van der Waals surface area contributed by atoms with Gasteiger partial charge in [-0.05, 0) is 38.0 Å². The van der Waals surface area contributed by atoms with Crippen molar-refractivity contribution < 1.29 is 4.79 Å². The number of rotatable bonds is 5. The van der Waals surface area contributed by atoms with Gasteiger partial charge in [0, 0.05) is 25.4 Å². The Balaban J connectivity index is 1.91. The fraction of sp³-hybridized carbons (Fsp3) is 0.385. The standard InChI is InChI=1S/C13H17N5O/c1-3-18-13(15-10(2)17-18)16-12(19)5-4-11-6-8-14-9-7-11/h6-9H,3-5H2,1-2H3,(H,15,16,17,19). The van der Waals surface area contributed by atoms with E-state index in [1.165, 1.54) is 0 Å². The molecule has 1 amide bonds. The van der Waals surface area contributed by atoms with E-state index in [9.17, 15) is 4.79 Å². The first kappa shape index (κ1) is 13.2. The smallest absolute Gasteiger partial charge is 0.228 e. The first-order valence-corrected chi connectivity index (χ1v) is 6.29. The second kappa shape index (κ2) is 6.08. The number of hydrogen-bond acceptors (Lipinski definition) is 4. The van der Waals surface area contributed by atoms with Crippen LogP contribution in [0.5, 0.6) is 0 Å². The highest BCUT2D eigenvalue weighted by Gasteiger charge is 2.09.